The second kappa shape index (κ2) is 6.92. The van der Waals surface area contributed by atoms with Crippen LogP contribution in [0.25, 0.3) is 0 Å². The molecule has 0 heterocycles. The van der Waals surface area contributed by atoms with Crippen molar-refractivity contribution in [2.75, 3.05) is 26.7 Å². The molecule has 0 aromatic heterocycles. The van der Waals surface area contributed by atoms with E-state index in [1.54, 1.807) is 0 Å². The van der Waals surface area contributed by atoms with Crippen LogP contribution in [0.4, 0.5) is 0 Å². The maximum Gasteiger partial charge on any atom is 0.161 e. The Balaban J connectivity index is 3.09. The van der Waals surface area contributed by atoms with Gasteiger partial charge in [0, 0.05) is 19.5 Å². The van der Waals surface area contributed by atoms with E-state index in [9.17, 15) is 0 Å². The Kier molecular flexibility index (Phi) is 6.79. The molecule has 3 nitrogen and oxygen atoms in total. The molecule has 60 valence electrons. The Morgan fingerprint density at radius 3 is 2.90 bits per heavy atom. The minimum Gasteiger partial charge on any atom is -0.486 e. The lowest BCUT2D eigenvalue weighted by Gasteiger charge is -2.04. The molecule has 0 aliphatic rings. The normalized spacial score (nSPS) is 9.40. The Labute approximate surface area is 66.9 Å². The highest BCUT2D eigenvalue weighted by molar-refractivity contribution is 7.80. The zero-order chi connectivity index (χ0) is 7.82. The highest BCUT2D eigenvalue weighted by atomic mass is 32.1. The van der Waals surface area contributed by atoms with Gasteiger partial charge in [0.2, 0.25) is 0 Å². The van der Waals surface area contributed by atoms with E-state index in [1.165, 1.54) is 0 Å². The van der Waals surface area contributed by atoms with E-state index < -0.39 is 0 Å². The van der Waals surface area contributed by atoms with E-state index in [0.717, 1.165) is 13.0 Å². The first kappa shape index (κ1) is 9.81. The van der Waals surface area contributed by atoms with Crippen LogP contribution in [0, 0.1) is 0 Å². The Morgan fingerprint density at radius 2 is 2.40 bits per heavy atom. The molecule has 0 aromatic rings. The summed E-state index contributed by atoms with van der Waals surface area (Å²) in [7, 11) is 1.88. The molecule has 0 spiro atoms. The molecule has 0 aliphatic carbocycles. The van der Waals surface area contributed by atoms with Crippen molar-refractivity contribution in [1.82, 2.24) is 5.32 Å². The van der Waals surface area contributed by atoms with E-state index in [-0.39, 0.29) is 0 Å². The maximum absolute atomic E-state index is 5.21. The first-order valence-corrected chi connectivity index (χ1v) is 3.72. The third-order valence-electron chi connectivity index (χ3n) is 0.960. The van der Waals surface area contributed by atoms with Crippen LogP contribution >= 0.6 is 12.2 Å². The SMILES string of the molecule is CNCCC(=S)OCCN. The van der Waals surface area contributed by atoms with Gasteiger partial charge in [0.15, 0.2) is 5.05 Å². The number of hydrogen-bond donors (Lipinski definition) is 2. The van der Waals surface area contributed by atoms with Gasteiger partial charge in [-0.2, -0.15) is 0 Å². The van der Waals surface area contributed by atoms with Crippen molar-refractivity contribution < 1.29 is 4.74 Å². The lowest BCUT2D eigenvalue weighted by molar-refractivity contribution is 0.315. The second-order valence-corrected chi connectivity index (χ2v) is 2.32. The van der Waals surface area contributed by atoms with Gasteiger partial charge >= 0.3 is 0 Å². The van der Waals surface area contributed by atoms with Gasteiger partial charge in [-0.25, -0.2) is 0 Å². The van der Waals surface area contributed by atoms with Crippen LogP contribution < -0.4 is 11.1 Å². The van der Waals surface area contributed by atoms with E-state index in [1.807, 2.05) is 7.05 Å². The third kappa shape index (κ3) is 5.94. The van der Waals surface area contributed by atoms with Gasteiger partial charge in [0.05, 0.1) is 0 Å². The van der Waals surface area contributed by atoms with Crippen LogP contribution in [0.5, 0.6) is 0 Å². The molecule has 0 amide bonds. The van der Waals surface area contributed by atoms with Gasteiger partial charge < -0.3 is 15.8 Å². The molecule has 10 heavy (non-hydrogen) atoms. The van der Waals surface area contributed by atoms with Gasteiger partial charge in [0.1, 0.15) is 6.61 Å². The second-order valence-electron chi connectivity index (χ2n) is 1.86. The standard InChI is InChI=1S/C6H14N2OS/c1-8-4-2-6(10)9-5-3-7/h8H,2-5,7H2,1H3. The van der Waals surface area contributed by atoms with Gasteiger partial charge in [-0.05, 0) is 19.3 Å². The Bertz CT molecular complexity index is 87.7. The minimum absolute atomic E-state index is 0.527. The molecule has 0 radical (unpaired) electrons. The molecule has 4 heteroatoms. The van der Waals surface area contributed by atoms with Crippen molar-refractivity contribution in [3.8, 4) is 0 Å². The van der Waals surface area contributed by atoms with Crippen LogP contribution in [0.1, 0.15) is 6.42 Å². The molecule has 0 rings (SSSR count). The van der Waals surface area contributed by atoms with Crippen molar-refractivity contribution in [3.05, 3.63) is 0 Å². The smallest absolute Gasteiger partial charge is 0.161 e. The summed E-state index contributed by atoms with van der Waals surface area (Å²) in [5.41, 5.74) is 5.21. The van der Waals surface area contributed by atoms with Crippen molar-refractivity contribution >= 4 is 17.3 Å². The monoisotopic (exact) mass is 162 g/mol. The minimum atomic E-state index is 0.527. The predicted octanol–water partition coefficient (Wildman–Crippen LogP) is -0.101. The zero-order valence-electron chi connectivity index (χ0n) is 6.22. The molecule has 0 saturated carbocycles. The predicted molar refractivity (Wildman–Crippen MR) is 46.1 cm³/mol. The van der Waals surface area contributed by atoms with Gasteiger partial charge in [-0.3, -0.25) is 0 Å². The van der Waals surface area contributed by atoms with Gasteiger partial charge in [-0.15, -0.1) is 0 Å². The summed E-state index contributed by atoms with van der Waals surface area (Å²) in [6, 6.07) is 0. The third-order valence-corrected chi connectivity index (χ3v) is 1.28. The molecular weight excluding hydrogens is 148 g/mol. The van der Waals surface area contributed by atoms with Crippen LogP contribution in [0.2, 0.25) is 0 Å². The zero-order valence-corrected chi connectivity index (χ0v) is 7.04. The van der Waals surface area contributed by atoms with E-state index >= 15 is 0 Å². The molecule has 0 unspecified atom stereocenters. The van der Waals surface area contributed by atoms with Crippen molar-refractivity contribution in [2.24, 2.45) is 5.73 Å². The number of rotatable bonds is 5. The number of hydrogen-bond acceptors (Lipinski definition) is 4. The van der Waals surface area contributed by atoms with E-state index in [2.05, 4.69) is 5.32 Å². The Morgan fingerprint density at radius 1 is 1.70 bits per heavy atom. The summed E-state index contributed by atoms with van der Waals surface area (Å²) in [5, 5.41) is 3.61. The lowest BCUT2D eigenvalue weighted by Crippen LogP contribution is -2.16. The van der Waals surface area contributed by atoms with Crippen LogP contribution in [-0.4, -0.2) is 31.8 Å². The van der Waals surface area contributed by atoms with Crippen molar-refractivity contribution in [2.45, 2.75) is 6.42 Å². The highest BCUT2D eigenvalue weighted by Gasteiger charge is 1.93. The lowest BCUT2D eigenvalue weighted by atomic mass is 10.4. The first-order valence-electron chi connectivity index (χ1n) is 3.31. The molecule has 0 aliphatic heterocycles. The van der Waals surface area contributed by atoms with Crippen LogP contribution in [0.15, 0.2) is 0 Å². The topological polar surface area (TPSA) is 47.3 Å². The molecule has 0 aromatic carbocycles. The molecular formula is C6H14N2OS. The van der Waals surface area contributed by atoms with Gasteiger partial charge in [0.25, 0.3) is 0 Å². The number of nitrogens with one attached hydrogen (secondary N) is 1. The van der Waals surface area contributed by atoms with Crippen molar-refractivity contribution in [3.63, 3.8) is 0 Å². The maximum atomic E-state index is 5.21. The van der Waals surface area contributed by atoms with E-state index in [4.69, 9.17) is 22.7 Å². The summed E-state index contributed by atoms with van der Waals surface area (Å²) >= 11 is 4.87. The number of ether oxygens (including phenoxy) is 1. The molecule has 0 saturated heterocycles. The summed E-state index contributed by atoms with van der Waals surface area (Å²) < 4.78 is 5.06. The number of nitrogens with two attached hydrogens (primary N) is 1. The summed E-state index contributed by atoms with van der Waals surface area (Å²) in [6.45, 7) is 1.92. The highest BCUT2D eigenvalue weighted by Crippen LogP contribution is 1.86. The van der Waals surface area contributed by atoms with E-state index in [0.29, 0.717) is 18.2 Å². The quantitative estimate of drug-likeness (QED) is 0.554. The van der Waals surface area contributed by atoms with Crippen LogP contribution in [-0.2, 0) is 4.74 Å². The summed E-state index contributed by atoms with van der Waals surface area (Å²) in [5.74, 6) is 0. The number of thiocarbonyl (C=S) groups is 1. The van der Waals surface area contributed by atoms with Gasteiger partial charge in [-0.1, -0.05) is 0 Å². The molecule has 0 bridgehead atoms. The average Bonchev–Trinajstić information content (AvgIpc) is 1.97. The fraction of sp³-hybridized carbons (Fsp3) is 0.833. The van der Waals surface area contributed by atoms with Crippen LogP contribution in [0.3, 0.4) is 0 Å². The first-order chi connectivity index (χ1) is 4.81. The average molecular weight is 162 g/mol. The fourth-order valence-electron chi connectivity index (χ4n) is 0.472. The van der Waals surface area contributed by atoms with Crippen molar-refractivity contribution in [1.29, 1.82) is 0 Å². The Hall–Kier alpha value is -0.190. The summed E-state index contributed by atoms with van der Waals surface area (Å²) in [6.07, 6.45) is 0.784. The molecule has 0 fully saturated rings. The summed E-state index contributed by atoms with van der Waals surface area (Å²) in [4.78, 5) is 0. The molecule has 3 N–H and O–H groups in total. The molecule has 0 atom stereocenters. The largest absolute Gasteiger partial charge is 0.486 e. The fourth-order valence-corrected chi connectivity index (χ4v) is 0.657.